The molecule has 20 heteroatoms. The van der Waals surface area contributed by atoms with E-state index < -0.39 is 50.5 Å². The third-order valence-corrected chi connectivity index (χ3v) is 10.8. The van der Waals surface area contributed by atoms with Crippen molar-refractivity contribution in [1.82, 2.24) is 19.5 Å². The number of thiol groups is 2. The van der Waals surface area contributed by atoms with E-state index in [9.17, 15) is 19.0 Å². The molecular weight excluding hydrogens is 644 g/mol. The number of rotatable bonds is 5. The Bertz CT molecular complexity index is 1570. The maximum Gasteiger partial charge on any atom is 0.386 e. The zero-order valence-electron chi connectivity index (χ0n) is 22.8. The number of carbonyl (C=O) groups is 1. The van der Waals surface area contributed by atoms with E-state index in [2.05, 4.69) is 51.0 Å². The van der Waals surface area contributed by atoms with E-state index in [1.165, 1.54) is 25.5 Å². The smallest absolute Gasteiger partial charge is 0.386 e. The van der Waals surface area contributed by atoms with Crippen LogP contribution in [0, 0.1) is 11.8 Å². The van der Waals surface area contributed by atoms with Gasteiger partial charge >= 0.3 is 13.6 Å². The van der Waals surface area contributed by atoms with E-state index in [1.54, 1.807) is 6.33 Å². The molecule has 1 amide bonds. The van der Waals surface area contributed by atoms with Crippen LogP contribution in [0.15, 0.2) is 42.1 Å². The van der Waals surface area contributed by atoms with E-state index >= 15 is 0 Å². The quantitative estimate of drug-likeness (QED) is 0.133. The van der Waals surface area contributed by atoms with E-state index in [1.807, 2.05) is 4.57 Å². The Hall–Kier alpha value is -2.11. The molecule has 234 valence electrons. The predicted octanol–water partition coefficient (Wildman–Crippen LogP) is 2.25. The first-order valence-electron chi connectivity index (χ1n) is 13.0. The number of hydrogen-bond donors (Lipinski definition) is 5. The van der Waals surface area contributed by atoms with Crippen molar-refractivity contribution >= 4 is 66.7 Å². The maximum atomic E-state index is 13.4. The lowest BCUT2D eigenvalue weighted by Crippen LogP contribution is -2.43. The fourth-order valence-corrected chi connectivity index (χ4v) is 7.78. The molecule has 5 N–H and O–H groups in total. The zero-order valence-corrected chi connectivity index (χ0v) is 26.4. The molecule has 5 rings (SSSR count). The Labute approximate surface area is 256 Å². The van der Waals surface area contributed by atoms with E-state index in [-0.39, 0.29) is 48.2 Å². The number of aliphatic hydroxyl groups is 1. The van der Waals surface area contributed by atoms with Crippen LogP contribution in [0.2, 0.25) is 0 Å². The topological polar surface area (TPSA) is 226 Å². The molecule has 4 heterocycles. The summed E-state index contributed by atoms with van der Waals surface area (Å²) in [5.74, 6) is -1.02. The number of hydrogen-bond acceptors (Lipinski definition) is 14. The predicted molar refractivity (Wildman–Crippen MR) is 162 cm³/mol. The van der Waals surface area contributed by atoms with Gasteiger partial charge in [-0.15, -0.1) is 0 Å². The van der Waals surface area contributed by atoms with Crippen molar-refractivity contribution in [2.45, 2.75) is 43.8 Å². The van der Waals surface area contributed by atoms with E-state index in [4.69, 9.17) is 34.3 Å². The molecule has 0 spiro atoms. The average molecular weight is 676 g/mol. The van der Waals surface area contributed by atoms with Crippen LogP contribution in [-0.2, 0) is 36.8 Å². The molecule has 43 heavy (non-hydrogen) atoms. The summed E-state index contributed by atoms with van der Waals surface area (Å²) in [4.78, 5) is 27.7. The van der Waals surface area contributed by atoms with Crippen LogP contribution in [0.5, 0.6) is 0 Å². The first-order chi connectivity index (χ1) is 20.3. The number of carbonyl (C=O) groups excluding carboxylic acids is 1. The van der Waals surface area contributed by atoms with Gasteiger partial charge in [-0.3, -0.25) is 18.8 Å². The number of fused-ring (bicyclic) bond motifs is 4. The lowest BCUT2D eigenvalue weighted by Gasteiger charge is -2.45. The van der Waals surface area contributed by atoms with Gasteiger partial charge in [0.2, 0.25) is 0 Å². The number of ether oxygens (including phenoxy) is 1. The number of nitrogens with zero attached hydrogens (tertiary/aromatic N) is 5. The number of amides is 1. The molecule has 2 aliphatic heterocycles. The maximum absolute atomic E-state index is 13.4. The molecule has 0 radical (unpaired) electrons. The second-order valence-electron chi connectivity index (χ2n) is 10.3. The third-order valence-electron chi connectivity index (χ3n) is 7.54. The Morgan fingerprint density at radius 1 is 1.19 bits per heavy atom. The van der Waals surface area contributed by atoms with Gasteiger partial charge in [0, 0.05) is 18.2 Å². The van der Waals surface area contributed by atoms with Crippen molar-refractivity contribution in [3.05, 3.63) is 37.1 Å². The van der Waals surface area contributed by atoms with Gasteiger partial charge in [-0.25, -0.2) is 24.1 Å². The highest BCUT2D eigenvalue weighted by molar-refractivity contribution is 8.44. The normalized spacial score (nSPS) is 37.5. The summed E-state index contributed by atoms with van der Waals surface area (Å²) in [6.45, 7) is -3.20. The molecule has 2 bridgehead atoms. The molecule has 2 aromatic heterocycles. The summed E-state index contributed by atoms with van der Waals surface area (Å²) in [5, 5.41) is 11.0. The molecule has 3 fully saturated rings. The molecule has 9 atom stereocenters. The van der Waals surface area contributed by atoms with Gasteiger partial charge in [-0.1, -0.05) is 31.1 Å². The fraction of sp³-hybridized carbons (Fsp3) is 0.522. The summed E-state index contributed by atoms with van der Waals surface area (Å²) < 4.78 is 56.7. The first-order valence-corrected chi connectivity index (χ1v) is 18.4. The highest BCUT2D eigenvalue weighted by Gasteiger charge is 2.50. The van der Waals surface area contributed by atoms with Gasteiger partial charge < -0.3 is 34.9 Å². The number of nitrogen functional groups attached to an aromatic ring is 1. The fourth-order valence-electron chi connectivity index (χ4n) is 5.10. The molecule has 1 saturated carbocycles. The van der Waals surface area contributed by atoms with Crippen LogP contribution in [0.25, 0.3) is 11.2 Å². The second-order valence-corrected chi connectivity index (χ2v) is 16.1. The SMILES string of the molecule is C=C(/C=C\N=C(/C)C(N)=O)[C@@H]1O[C@@H]2CO[P@@](=O)(S)OC[C@@H]3[C@@H](CO[P@@](=O)(S)O[C@@H]1[C@@H]2O)C[C@H]3n1cnc2c(N)ncnc21. The number of aliphatic imine (C=N–C) groups is 1. The Morgan fingerprint density at radius 2 is 1.91 bits per heavy atom. The van der Waals surface area contributed by atoms with Crippen molar-refractivity contribution in [3.63, 3.8) is 0 Å². The molecule has 0 aromatic carbocycles. The summed E-state index contributed by atoms with van der Waals surface area (Å²) in [6.07, 6.45) is 1.26. The number of aliphatic hydroxyl groups excluding tert-OH is 1. The van der Waals surface area contributed by atoms with E-state index in [0.29, 0.717) is 17.6 Å². The highest BCUT2D eigenvalue weighted by atomic mass is 32.7. The molecule has 3 aliphatic rings. The second kappa shape index (κ2) is 12.7. The molecule has 1 aliphatic carbocycles. The summed E-state index contributed by atoms with van der Waals surface area (Å²) in [7, 11) is 0. The lowest BCUT2D eigenvalue weighted by atomic mass is 9.70. The van der Waals surface area contributed by atoms with Crippen LogP contribution in [0.3, 0.4) is 0 Å². The van der Waals surface area contributed by atoms with E-state index in [0.717, 1.165) is 0 Å². The third kappa shape index (κ3) is 7.09. The standard InChI is InChI=1S/C23H31N7O9P2S2/c1-11(3-4-26-12(2)22(25)32)19-20-18(31)16(38-19)8-37-40(33,42)36-7-14-13(6-35-41(34,43)39-20)5-15(14)30-10-29-17-21(24)27-9-28-23(17)30/h3-4,9-10,13-16,18-20,31H,1,5-8H2,2H3,(H2,25,32)(H,33,42)(H,34,43)(H2,24,27,28)/b4-3-,26-12+/t13-,14-,15-,16-,18-,19+,20-,40+,41-/m1/s1. The van der Waals surface area contributed by atoms with Gasteiger partial charge in [0.05, 0.1) is 26.1 Å². The van der Waals surface area contributed by atoms with Gasteiger partial charge in [0.15, 0.2) is 11.5 Å². The monoisotopic (exact) mass is 675 g/mol. The molecule has 16 nitrogen and oxygen atoms in total. The molecule has 0 unspecified atom stereocenters. The summed E-state index contributed by atoms with van der Waals surface area (Å²) in [5.41, 5.74) is 12.4. The first kappa shape index (κ1) is 32.3. The van der Waals surface area contributed by atoms with Gasteiger partial charge in [0.25, 0.3) is 5.91 Å². The Morgan fingerprint density at radius 3 is 2.65 bits per heavy atom. The van der Waals surface area contributed by atoms with Crippen molar-refractivity contribution in [1.29, 1.82) is 0 Å². The summed E-state index contributed by atoms with van der Waals surface area (Å²) in [6, 6.07) is -0.212. The minimum absolute atomic E-state index is 0.0500. The molecule has 2 saturated heterocycles. The minimum atomic E-state index is -4.07. The van der Waals surface area contributed by atoms with Crippen molar-refractivity contribution in [2.24, 2.45) is 22.6 Å². The van der Waals surface area contributed by atoms with Crippen molar-refractivity contribution in [3.8, 4) is 0 Å². The van der Waals surface area contributed by atoms with Gasteiger partial charge in [-0.05, 0) is 30.9 Å². The van der Waals surface area contributed by atoms with Gasteiger partial charge in [-0.2, -0.15) is 0 Å². The zero-order chi connectivity index (χ0) is 31.1. The van der Waals surface area contributed by atoms with Crippen LogP contribution in [-0.4, -0.2) is 80.5 Å². The minimum Gasteiger partial charge on any atom is -0.387 e. The Kier molecular flexibility index (Phi) is 9.55. The number of imidazole rings is 1. The van der Waals surface area contributed by atoms with Gasteiger partial charge in [0.1, 0.15) is 42.0 Å². The Balaban J connectivity index is 1.37. The number of nitrogens with two attached hydrogens (primary N) is 2. The van der Waals surface area contributed by atoms with Crippen LogP contribution >= 0.6 is 38.1 Å². The molecular formula is C23H31N7O9P2S2. The lowest BCUT2D eigenvalue weighted by molar-refractivity contribution is -0.112. The average Bonchev–Trinajstić information content (AvgIpc) is 3.48. The number of primary amides is 1. The highest BCUT2D eigenvalue weighted by Crippen LogP contribution is 2.60. The molecule has 2 aromatic rings. The van der Waals surface area contributed by atoms with Crippen molar-refractivity contribution in [2.75, 3.05) is 25.6 Å². The number of anilines is 1. The summed E-state index contributed by atoms with van der Waals surface area (Å²) >= 11 is 8.26. The van der Waals surface area contributed by atoms with Crippen LogP contribution in [0.4, 0.5) is 5.82 Å². The largest absolute Gasteiger partial charge is 0.387 e. The van der Waals surface area contributed by atoms with Crippen LogP contribution in [0.1, 0.15) is 19.4 Å². The number of aromatic nitrogens is 4. The van der Waals surface area contributed by atoms with Crippen molar-refractivity contribution < 1.29 is 41.9 Å². The van der Waals surface area contributed by atoms with Crippen LogP contribution < -0.4 is 11.5 Å².